The van der Waals surface area contributed by atoms with Crippen LogP contribution in [0.15, 0.2) is 0 Å². The van der Waals surface area contributed by atoms with E-state index in [2.05, 4.69) is 0 Å². The Balaban J connectivity index is 2.10. The van der Waals surface area contributed by atoms with E-state index in [9.17, 15) is 14.7 Å². The third-order valence-corrected chi connectivity index (χ3v) is 4.82. The van der Waals surface area contributed by atoms with Crippen molar-refractivity contribution >= 4 is 11.9 Å². The highest BCUT2D eigenvalue weighted by atomic mass is 16.5. The molecule has 20 heavy (non-hydrogen) atoms. The molecule has 1 N–H and O–H groups in total. The Morgan fingerprint density at radius 2 is 1.95 bits per heavy atom. The van der Waals surface area contributed by atoms with Crippen molar-refractivity contribution in [1.29, 1.82) is 0 Å². The monoisotopic (exact) mass is 283 g/mol. The minimum Gasteiger partial charge on any atom is -0.481 e. The van der Waals surface area contributed by atoms with Crippen LogP contribution < -0.4 is 0 Å². The maximum atomic E-state index is 12.6. The van der Waals surface area contributed by atoms with Crippen LogP contribution in [0, 0.1) is 5.92 Å². The van der Waals surface area contributed by atoms with Crippen molar-refractivity contribution in [3.05, 3.63) is 0 Å². The Labute approximate surface area is 120 Å². The molecule has 2 fully saturated rings. The zero-order chi connectivity index (χ0) is 14.6. The third kappa shape index (κ3) is 3.32. The average molecular weight is 283 g/mol. The topological polar surface area (TPSA) is 66.8 Å². The van der Waals surface area contributed by atoms with Gasteiger partial charge in [0.2, 0.25) is 5.91 Å². The maximum absolute atomic E-state index is 12.6. The van der Waals surface area contributed by atoms with Gasteiger partial charge in [0, 0.05) is 13.7 Å². The van der Waals surface area contributed by atoms with Crippen LogP contribution in [0.25, 0.3) is 0 Å². The number of nitrogens with zero attached hydrogens (tertiary/aromatic N) is 1. The zero-order valence-electron chi connectivity index (χ0n) is 12.3. The minimum atomic E-state index is -0.813. The van der Waals surface area contributed by atoms with Gasteiger partial charge >= 0.3 is 5.97 Å². The number of carboxylic acid groups (broad SMARTS) is 1. The van der Waals surface area contributed by atoms with Gasteiger partial charge in [-0.05, 0) is 25.7 Å². The van der Waals surface area contributed by atoms with Gasteiger partial charge < -0.3 is 14.7 Å². The summed E-state index contributed by atoms with van der Waals surface area (Å²) >= 11 is 0. The van der Waals surface area contributed by atoms with E-state index < -0.39 is 11.5 Å². The normalized spacial score (nSPS) is 25.9. The molecule has 0 aromatic heterocycles. The Kier molecular flexibility index (Phi) is 5.02. The van der Waals surface area contributed by atoms with Crippen LogP contribution in [-0.4, -0.2) is 47.7 Å². The van der Waals surface area contributed by atoms with E-state index in [4.69, 9.17) is 4.74 Å². The fourth-order valence-electron chi connectivity index (χ4n) is 3.57. The highest BCUT2D eigenvalue weighted by Gasteiger charge is 2.42. The second-order valence-electron chi connectivity index (χ2n) is 6.17. The van der Waals surface area contributed by atoms with Crippen molar-refractivity contribution in [2.75, 3.05) is 20.3 Å². The van der Waals surface area contributed by atoms with Gasteiger partial charge in [0.1, 0.15) is 0 Å². The number of aliphatic carboxylic acids is 1. The number of hydrogen-bond donors (Lipinski definition) is 1. The summed E-state index contributed by atoms with van der Waals surface area (Å²) in [6.07, 6.45) is 6.57. The van der Waals surface area contributed by atoms with Gasteiger partial charge in [-0.1, -0.05) is 19.3 Å². The van der Waals surface area contributed by atoms with Crippen LogP contribution in [0.3, 0.4) is 0 Å². The minimum absolute atomic E-state index is 0.0584. The van der Waals surface area contributed by atoms with Crippen molar-refractivity contribution in [2.45, 2.75) is 56.9 Å². The first kappa shape index (κ1) is 15.3. The summed E-state index contributed by atoms with van der Waals surface area (Å²) in [5.41, 5.74) is -0.487. The van der Waals surface area contributed by atoms with E-state index >= 15 is 0 Å². The number of carbonyl (C=O) groups excluding carboxylic acids is 1. The van der Waals surface area contributed by atoms with Crippen LogP contribution in [-0.2, 0) is 14.3 Å². The van der Waals surface area contributed by atoms with Crippen LogP contribution in [0.4, 0.5) is 0 Å². The van der Waals surface area contributed by atoms with E-state index in [0.29, 0.717) is 6.61 Å². The lowest BCUT2D eigenvalue weighted by Crippen LogP contribution is -2.54. The predicted octanol–water partition coefficient (Wildman–Crippen LogP) is 2.05. The molecule has 2 rings (SSSR count). The molecular formula is C15H25NO4. The van der Waals surface area contributed by atoms with Crippen molar-refractivity contribution in [3.63, 3.8) is 0 Å². The average Bonchev–Trinajstić information content (AvgIpc) is 2.47. The highest BCUT2D eigenvalue weighted by molar-refractivity contribution is 5.80. The number of rotatable bonds is 4. The third-order valence-electron chi connectivity index (χ3n) is 4.82. The first-order valence-electron chi connectivity index (χ1n) is 7.62. The Morgan fingerprint density at radius 3 is 2.50 bits per heavy atom. The van der Waals surface area contributed by atoms with Gasteiger partial charge in [-0.25, -0.2) is 0 Å². The molecule has 0 aromatic rings. The molecule has 0 spiro atoms. The molecule has 114 valence electrons. The number of carboxylic acids is 1. The molecule has 0 bridgehead atoms. The summed E-state index contributed by atoms with van der Waals surface area (Å²) in [7, 11) is 1.78. The molecular weight excluding hydrogens is 258 g/mol. The summed E-state index contributed by atoms with van der Waals surface area (Å²) in [6, 6.07) is 0. The molecule has 1 atom stereocenters. The predicted molar refractivity (Wildman–Crippen MR) is 74.4 cm³/mol. The quantitative estimate of drug-likeness (QED) is 0.857. The molecule has 1 unspecified atom stereocenters. The number of ether oxygens (including phenoxy) is 1. The molecule has 5 nitrogen and oxygen atoms in total. The number of amides is 1. The molecule has 5 heteroatoms. The molecule has 1 saturated heterocycles. The molecule has 1 heterocycles. The van der Waals surface area contributed by atoms with E-state index in [0.717, 1.165) is 51.6 Å². The molecule has 1 aliphatic carbocycles. The van der Waals surface area contributed by atoms with Crippen molar-refractivity contribution < 1.29 is 19.4 Å². The first-order valence-corrected chi connectivity index (χ1v) is 7.62. The fraction of sp³-hybridized carbons (Fsp3) is 0.867. The van der Waals surface area contributed by atoms with Crippen molar-refractivity contribution in [3.8, 4) is 0 Å². The van der Waals surface area contributed by atoms with Gasteiger partial charge in [-0.2, -0.15) is 0 Å². The van der Waals surface area contributed by atoms with Gasteiger partial charge in [0.05, 0.1) is 24.5 Å². The smallest absolute Gasteiger partial charge is 0.305 e. The maximum Gasteiger partial charge on any atom is 0.305 e. The van der Waals surface area contributed by atoms with Gasteiger partial charge in [-0.15, -0.1) is 0 Å². The van der Waals surface area contributed by atoms with Gasteiger partial charge in [-0.3, -0.25) is 9.59 Å². The van der Waals surface area contributed by atoms with E-state index in [1.165, 1.54) is 0 Å². The van der Waals surface area contributed by atoms with Crippen molar-refractivity contribution in [1.82, 2.24) is 4.90 Å². The lowest BCUT2D eigenvalue weighted by molar-refractivity contribution is -0.150. The molecule has 0 aromatic carbocycles. The lowest BCUT2D eigenvalue weighted by Gasteiger charge is -2.45. The van der Waals surface area contributed by atoms with Crippen LogP contribution >= 0.6 is 0 Å². The van der Waals surface area contributed by atoms with E-state index in [1.54, 1.807) is 11.9 Å². The number of hydrogen-bond acceptors (Lipinski definition) is 3. The molecule has 1 aliphatic heterocycles. The van der Waals surface area contributed by atoms with Gasteiger partial charge in [0.25, 0.3) is 0 Å². The van der Waals surface area contributed by atoms with E-state index in [1.807, 2.05) is 0 Å². The summed E-state index contributed by atoms with van der Waals surface area (Å²) in [5, 5.41) is 9.21. The zero-order valence-corrected chi connectivity index (χ0v) is 12.3. The largest absolute Gasteiger partial charge is 0.481 e. The summed E-state index contributed by atoms with van der Waals surface area (Å²) in [5.74, 6) is -0.847. The van der Waals surface area contributed by atoms with Crippen molar-refractivity contribution in [2.24, 2.45) is 5.92 Å². The summed E-state index contributed by atoms with van der Waals surface area (Å²) < 4.78 is 5.39. The molecule has 0 radical (unpaired) electrons. The Bertz CT molecular complexity index is 357. The van der Waals surface area contributed by atoms with Crippen LogP contribution in [0.5, 0.6) is 0 Å². The highest BCUT2D eigenvalue weighted by Crippen LogP contribution is 2.37. The number of carbonyl (C=O) groups is 2. The second-order valence-corrected chi connectivity index (χ2v) is 6.17. The lowest BCUT2D eigenvalue weighted by atomic mass is 9.77. The Morgan fingerprint density at radius 1 is 1.25 bits per heavy atom. The van der Waals surface area contributed by atoms with Gasteiger partial charge in [0.15, 0.2) is 0 Å². The SMILES string of the molecule is CN(C(=O)C1CCCOC1)C1(CC(=O)O)CCCCC1. The Hall–Kier alpha value is -1.10. The summed E-state index contributed by atoms with van der Waals surface area (Å²) in [6.45, 7) is 1.21. The summed E-state index contributed by atoms with van der Waals surface area (Å²) in [4.78, 5) is 25.6. The van der Waals surface area contributed by atoms with E-state index in [-0.39, 0.29) is 18.2 Å². The van der Waals surface area contributed by atoms with Crippen LogP contribution in [0.1, 0.15) is 51.4 Å². The molecule has 2 aliphatic rings. The molecule has 1 amide bonds. The van der Waals surface area contributed by atoms with Crippen LogP contribution in [0.2, 0.25) is 0 Å². The molecule has 1 saturated carbocycles. The fourth-order valence-corrected chi connectivity index (χ4v) is 3.57. The second kappa shape index (κ2) is 6.57. The first-order chi connectivity index (χ1) is 9.55. The standard InChI is InChI=1S/C15H25NO4/c1-16(14(19)12-6-5-9-20-11-12)15(10-13(17)18)7-3-2-4-8-15/h12H,2-11H2,1H3,(H,17,18).